The lowest BCUT2D eigenvalue weighted by Gasteiger charge is -2.20. The zero-order valence-corrected chi connectivity index (χ0v) is 33.8. The first-order chi connectivity index (χ1) is 30.7. The number of rotatable bonds is 7. The van der Waals surface area contributed by atoms with Crippen LogP contribution in [0.5, 0.6) is 0 Å². The molecule has 1 unspecified atom stereocenters. The first kappa shape index (κ1) is 35.8. The molecule has 0 fully saturated rings. The summed E-state index contributed by atoms with van der Waals surface area (Å²) in [6.45, 7) is 0. The SMILES string of the molecule is C1=CC(c2ccc3c(c2)c2ccccc2n3-c2ccc(-c3ccccc3)c(-c3nc(-c4ccccc4)nc(-c4ccccc4)n3)c2)Cc2c1n(-c1ccccc1)c1ccccc21. The molecule has 11 aromatic rings. The van der Waals surface area contributed by atoms with Crippen LogP contribution in [0.15, 0.2) is 212 Å². The average molecular weight is 794 g/mol. The van der Waals surface area contributed by atoms with Gasteiger partial charge in [0.1, 0.15) is 0 Å². The largest absolute Gasteiger partial charge is 0.310 e. The molecule has 5 heteroatoms. The maximum Gasteiger partial charge on any atom is 0.164 e. The zero-order valence-electron chi connectivity index (χ0n) is 33.8. The molecule has 0 aliphatic heterocycles. The van der Waals surface area contributed by atoms with Crippen LogP contribution in [-0.2, 0) is 6.42 Å². The second-order valence-electron chi connectivity index (χ2n) is 16.0. The Balaban J connectivity index is 1.01. The van der Waals surface area contributed by atoms with Crippen LogP contribution in [0, 0.1) is 0 Å². The van der Waals surface area contributed by atoms with E-state index < -0.39 is 0 Å². The normalized spacial score (nSPS) is 13.5. The average Bonchev–Trinajstić information content (AvgIpc) is 3.87. The third-order valence-electron chi connectivity index (χ3n) is 12.4. The number of aromatic nitrogens is 5. The molecule has 0 amide bonds. The lowest BCUT2D eigenvalue weighted by Crippen LogP contribution is -2.07. The summed E-state index contributed by atoms with van der Waals surface area (Å²) >= 11 is 0. The first-order valence-electron chi connectivity index (χ1n) is 21.2. The van der Waals surface area contributed by atoms with E-state index in [1.54, 1.807) is 0 Å². The van der Waals surface area contributed by atoms with Crippen LogP contribution in [0.4, 0.5) is 0 Å². The smallest absolute Gasteiger partial charge is 0.164 e. The number of nitrogens with zero attached hydrogens (tertiary/aromatic N) is 5. The molecule has 0 bridgehead atoms. The van der Waals surface area contributed by atoms with E-state index in [0.717, 1.165) is 51.0 Å². The highest BCUT2D eigenvalue weighted by molar-refractivity contribution is 6.09. The fourth-order valence-electron chi connectivity index (χ4n) is 9.45. The van der Waals surface area contributed by atoms with Gasteiger partial charge in [-0.05, 0) is 83.3 Å². The van der Waals surface area contributed by atoms with Gasteiger partial charge < -0.3 is 9.13 Å². The fraction of sp³-hybridized carbons (Fsp3) is 0.0351. The van der Waals surface area contributed by atoms with Crippen LogP contribution in [0.25, 0.3) is 95.5 Å². The van der Waals surface area contributed by atoms with Gasteiger partial charge in [0.2, 0.25) is 0 Å². The Morgan fingerprint density at radius 3 is 1.61 bits per heavy atom. The molecule has 5 nitrogen and oxygen atoms in total. The Bertz CT molecular complexity index is 3420. The van der Waals surface area contributed by atoms with Gasteiger partial charge in [-0.2, -0.15) is 0 Å². The Morgan fingerprint density at radius 2 is 0.935 bits per heavy atom. The van der Waals surface area contributed by atoms with Crippen molar-refractivity contribution in [3.63, 3.8) is 0 Å². The number of allylic oxidation sites excluding steroid dienone is 1. The quantitative estimate of drug-likeness (QED) is 0.161. The number of para-hydroxylation sites is 3. The van der Waals surface area contributed by atoms with Crippen molar-refractivity contribution in [2.24, 2.45) is 0 Å². The Hall–Kier alpha value is -8.15. The summed E-state index contributed by atoms with van der Waals surface area (Å²) in [5.41, 5.74) is 14.7. The Kier molecular flexibility index (Phi) is 8.56. The highest BCUT2D eigenvalue weighted by Gasteiger charge is 2.25. The predicted octanol–water partition coefficient (Wildman–Crippen LogP) is 13.9. The molecule has 1 atom stereocenters. The van der Waals surface area contributed by atoms with Crippen LogP contribution in [0.2, 0.25) is 0 Å². The fourth-order valence-corrected chi connectivity index (χ4v) is 9.45. The van der Waals surface area contributed by atoms with Gasteiger partial charge in [-0.1, -0.05) is 164 Å². The second-order valence-corrected chi connectivity index (χ2v) is 16.0. The van der Waals surface area contributed by atoms with E-state index in [1.165, 1.54) is 44.2 Å². The zero-order chi connectivity index (χ0) is 41.0. The molecule has 3 heterocycles. The van der Waals surface area contributed by atoms with E-state index in [0.29, 0.717) is 17.5 Å². The van der Waals surface area contributed by atoms with Gasteiger partial charge in [-0.15, -0.1) is 0 Å². The summed E-state index contributed by atoms with van der Waals surface area (Å²) in [6.07, 6.45) is 5.67. The summed E-state index contributed by atoms with van der Waals surface area (Å²) in [5, 5.41) is 3.77. The minimum absolute atomic E-state index is 0.238. The second kappa shape index (κ2) is 14.8. The molecule has 8 aromatic carbocycles. The molecule has 292 valence electrons. The maximum absolute atomic E-state index is 5.21. The lowest BCUT2D eigenvalue weighted by molar-refractivity contribution is 0.826. The molecule has 0 saturated carbocycles. The van der Waals surface area contributed by atoms with Crippen LogP contribution in [0.3, 0.4) is 0 Å². The number of fused-ring (bicyclic) bond motifs is 6. The van der Waals surface area contributed by atoms with Crippen molar-refractivity contribution in [3.8, 4) is 56.7 Å². The summed E-state index contributed by atoms with van der Waals surface area (Å²) < 4.78 is 4.81. The van der Waals surface area contributed by atoms with E-state index in [1.807, 2.05) is 36.4 Å². The van der Waals surface area contributed by atoms with Crippen molar-refractivity contribution in [2.45, 2.75) is 12.3 Å². The lowest BCUT2D eigenvalue weighted by atomic mass is 9.86. The third kappa shape index (κ3) is 6.05. The van der Waals surface area contributed by atoms with Crippen LogP contribution in [0.1, 0.15) is 22.7 Å². The van der Waals surface area contributed by atoms with Crippen molar-refractivity contribution in [3.05, 3.63) is 229 Å². The van der Waals surface area contributed by atoms with Gasteiger partial charge in [0, 0.05) is 55.8 Å². The number of hydrogen-bond donors (Lipinski definition) is 0. The van der Waals surface area contributed by atoms with E-state index >= 15 is 0 Å². The Morgan fingerprint density at radius 1 is 0.387 bits per heavy atom. The molecule has 0 saturated heterocycles. The molecule has 3 aromatic heterocycles. The van der Waals surface area contributed by atoms with Crippen molar-refractivity contribution < 1.29 is 0 Å². The highest BCUT2D eigenvalue weighted by atomic mass is 15.0. The summed E-state index contributed by atoms with van der Waals surface area (Å²) in [4.78, 5) is 15.4. The molecule has 0 spiro atoms. The monoisotopic (exact) mass is 793 g/mol. The van der Waals surface area contributed by atoms with Gasteiger partial charge in [-0.25, -0.2) is 15.0 Å². The van der Waals surface area contributed by atoms with Crippen LogP contribution < -0.4 is 0 Å². The highest BCUT2D eigenvalue weighted by Crippen LogP contribution is 2.42. The topological polar surface area (TPSA) is 48.5 Å². The minimum atomic E-state index is 0.238. The van der Waals surface area contributed by atoms with E-state index in [-0.39, 0.29) is 5.92 Å². The van der Waals surface area contributed by atoms with Crippen LogP contribution in [-0.4, -0.2) is 24.1 Å². The van der Waals surface area contributed by atoms with Gasteiger partial charge in [0.25, 0.3) is 0 Å². The van der Waals surface area contributed by atoms with E-state index in [9.17, 15) is 0 Å². The number of hydrogen-bond acceptors (Lipinski definition) is 3. The summed E-state index contributed by atoms with van der Waals surface area (Å²) in [7, 11) is 0. The standard InChI is InChI=1S/C57H39N5/c1-5-17-38(18-6-1)45-32-31-44(37-50(45)57-59-55(39-19-7-2-8-20-39)58-56(60-57)40-21-9-3-10-22-40)62-52-28-16-14-26-47(52)49-36-42(30-34-54(49)62)41-29-33-53-48(35-41)46-25-13-15-27-51(46)61(53)43-23-11-4-12-24-43/h1-34,36-37,41H,35H2. The molecular weight excluding hydrogens is 755 g/mol. The van der Waals surface area contributed by atoms with Gasteiger partial charge >= 0.3 is 0 Å². The van der Waals surface area contributed by atoms with Crippen molar-refractivity contribution in [2.75, 3.05) is 0 Å². The van der Waals surface area contributed by atoms with Gasteiger partial charge in [-0.3, -0.25) is 0 Å². The molecular formula is C57H39N5. The number of benzene rings is 8. The van der Waals surface area contributed by atoms with Gasteiger partial charge in [0.05, 0.1) is 16.6 Å². The van der Waals surface area contributed by atoms with Crippen molar-refractivity contribution in [1.82, 2.24) is 24.1 Å². The molecule has 0 radical (unpaired) electrons. The van der Waals surface area contributed by atoms with Crippen LogP contribution >= 0.6 is 0 Å². The minimum Gasteiger partial charge on any atom is -0.310 e. The molecule has 62 heavy (non-hydrogen) atoms. The molecule has 1 aliphatic carbocycles. The van der Waals surface area contributed by atoms with Crippen molar-refractivity contribution >= 4 is 38.8 Å². The maximum atomic E-state index is 5.21. The molecule has 12 rings (SSSR count). The van der Waals surface area contributed by atoms with Gasteiger partial charge in [0.15, 0.2) is 17.5 Å². The summed E-state index contributed by atoms with van der Waals surface area (Å²) in [6, 6.07) is 73.0. The Labute approximate surface area is 359 Å². The molecule has 0 N–H and O–H groups in total. The third-order valence-corrected chi connectivity index (χ3v) is 12.4. The molecule has 1 aliphatic rings. The predicted molar refractivity (Wildman–Crippen MR) is 255 cm³/mol. The summed E-state index contributed by atoms with van der Waals surface area (Å²) in [5.74, 6) is 2.13. The first-order valence-corrected chi connectivity index (χ1v) is 21.2. The van der Waals surface area contributed by atoms with E-state index in [2.05, 4.69) is 191 Å². The van der Waals surface area contributed by atoms with Crippen molar-refractivity contribution in [1.29, 1.82) is 0 Å². The van der Waals surface area contributed by atoms with E-state index in [4.69, 9.17) is 15.0 Å².